The van der Waals surface area contributed by atoms with Crippen molar-refractivity contribution in [3.8, 4) is 11.5 Å². The lowest BCUT2D eigenvalue weighted by Crippen LogP contribution is -2.20. The summed E-state index contributed by atoms with van der Waals surface area (Å²) >= 11 is 0. The van der Waals surface area contributed by atoms with Gasteiger partial charge in [0.2, 0.25) is 0 Å². The second-order valence-electron chi connectivity index (χ2n) is 6.16. The molecule has 2 aromatic rings. The molecule has 0 aliphatic carbocycles. The Morgan fingerprint density at radius 2 is 1.79 bits per heavy atom. The second-order valence-corrected chi connectivity index (χ2v) is 6.16. The van der Waals surface area contributed by atoms with Crippen LogP contribution in [0, 0.1) is 5.82 Å². The molecule has 0 amide bonds. The van der Waals surface area contributed by atoms with Crippen molar-refractivity contribution in [2.24, 2.45) is 0 Å². The normalized spacial score (nSPS) is 16.0. The van der Waals surface area contributed by atoms with Gasteiger partial charge in [-0.3, -0.25) is 9.69 Å². The average molecular weight is 327 g/mol. The van der Waals surface area contributed by atoms with E-state index in [2.05, 4.69) is 4.90 Å². The van der Waals surface area contributed by atoms with Gasteiger partial charge < -0.3 is 9.47 Å². The number of carbonyl (C=O) groups excluding carboxylic acids is 1. The molecule has 0 radical (unpaired) electrons. The van der Waals surface area contributed by atoms with Crippen molar-refractivity contribution < 1.29 is 18.7 Å². The van der Waals surface area contributed by atoms with Crippen LogP contribution in [0.25, 0.3) is 0 Å². The molecule has 2 heterocycles. The molecule has 2 aromatic carbocycles. The van der Waals surface area contributed by atoms with E-state index in [9.17, 15) is 9.18 Å². The van der Waals surface area contributed by atoms with Gasteiger partial charge >= 0.3 is 0 Å². The molecule has 0 atom stereocenters. The summed E-state index contributed by atoms with van der Waals surface area (Å²) < 4.78 is 24.3. The average Bonchev–Trinajstić information content (AvgIpc) is 3.01. The zero-order valence-electron chi connectivity index (χ0n) is 13.3. The highest BCUT2D eigenvalue weighted by atomic mass is 19.1. The van der Waals surface area contributed by atoms with Crippen LogP contribution in [0.2, 0.25) is 0 Å². The third-order valence-electron chi connectivity index (χ3n) is 4.48. The Morgan fingerprint density at radius 3 is 2.67 bits per heavy atom. The summed E-state index contributed by atoms with van der Waals surface area (Å²) in [4.78, 5) is 14.6. The molecule has 4 nitrogen and oxygen atoms in total. The zero-order valence-corrected chi connectivity index (χ0v) is 13.3. The van der Waals surface area contributed by atoms with Gasteiger partial charge in [0.05, 0.1) is 0 Å². The van der Waals surface area contributed by atoms with Crippen LogP contribution in [-0.4, -0.2) is 30.4 Å². The van der Waals surface area contributed by atoms with Gasteiger partial charge in [-0.15, -0.1) is 0 Å². The highest BCUT2D eigenvalue weighted by Crippen LogP contribution is 2.31. The molecule has 0 fully saturated rings. The van der Waals surface area contributed by atoms with Crippen LogP contribution in [0.4, 0.5) is 4.39 Å². The Kier molecular flexibility index (Phi) is 3.94. The van der Waals surface area contributed by atoms with Crippen LogP contribution in [0.5, 0.6) is 11.5 Å². The van der Waals surface area contributed by atoms with E-state index in [4.69, 9.17) is 9.47 Å². The van der Waals surface area contributed by atoms with Gasteiger partial charge in [-0.05, 0) is 41.5 Å². The van der Waals surface area contributed by atoms with Gasteiger partial charge in [0.25, 0.3) is 0 Å². The number of benzene rings is 2. The van der Waals surface area contributed by atoms with Crippen LogP contribution in [-0.2, 0) is 13.1 Å². The summed E-state index contributed by atoms with van der Waals surface area (Å²) in [5.41, 5.74) is 2.80. The molecule has 24 heavy (non-hydrogen) atoms. The number of Topliss-reactive ketones (excluding diaryl/α,β-unsaturated/α-hetero) is 1. The lowest BCUT2D eigenvalue weighted by atomic mass is 10.1. The molecule has 0 saturated heterocycles. The number of ketones is 1. The minimum absolute atomic E-state index is 0.0779. The predicted molar refractivity (Wildman–Crippen MR) is 86.9 cm³/mol. The maximum absolute atomic E-state index is 13.3. The van der Waals surface area contributed by atoms with Gasteiger partial charge in [0, 0.05) is 31.6 Å². The molecule has 0 aromatic heterocycles. The topological polar surface area (TPSA) is 38.8 Å². The van der Waals surface area contributed by atoms with Crippen LogP contribution >= 0.6 is 0 Å². The first-order valence-corrected chi connectivity index (χ1v) is 8.11. The standard InChI is InChI=1S/C19H18FNO3/c20-16-3-1-14-11-21(12-15(14)9-16)6-5-17(22)13-2-4-18-19(10-13)24-8-7-23-18/h1-4,9-10H,5-8,11-12H2. The van der Waals surface area contributed by atoms with Crippen molar-refractivity contribution in [2.45, 2.75) is 19.5 Å². The van der Waals surface area contributed by atoms with Gasteiger partial charge in [0.1, 0.15) is 19.0 Å². The minimum atomic E-state index is -0.206. The number of rotatable bonds is 4. The largest absolute Gasteiger partial charge is 0.486 e. The molecular formula is C19H18FNO3. The molecule has 0 spiro atoms. The summed E-state index contributed by atoms with van der Waals surface area (Å²) in [7, 11) is 0. The number of hydrogen-bond donors (Lipinski definition) is 0. The van der Waals surface area contributed by atoms with E-state index < -0.39 is 0 Å². The summed E-state index contributed by atoms with van der Waals surface area (Å²) in [6, 6.07) is 10.2. The van der Waals surface area contributed by atoms with E-state index in [-0.39, 0.29) is 11.6 Å². The number of nitrogens with zero attached hydrogens (tertiary/aromatic N) is 1. The van der Waals surface area contributed by atoms with Crippen molar-refractivity contribution >= 4 is 5.78 Å². The lowest BCUT2D eigenvalue weighted by Gasteiger charge is -2.19. The molecule has 0 N–H and O–H groups in total. The van der Waals surface area contributed by atoms with Crippen LogP contribution in [0.1, 0.15) is 27.9 Å². The summed E-state index contributed by atoms with van der Waals surface area (Å²) in [5.74, 6) is 1.20. The Labute approximate surface area is 139 Å². The number of fused-ring (bicyclic) bond motifs is 2. The first kappa shape index (κ1) is 15.1. The third-order valence-corrected chi connectivity index (χ3v) is 4.48. The quantitative estimate of drug-likeness (QED) is 0.809. The zero-order chi connectivity index (χ0) is 16.5. The van der Waals surface area contributed by atoms with Crippen molar-refractivity contribution in [2.75, 3.05) is 19.8 Å². The Bertz CT molecular complexity index is 790. The maximum Gasteiger partial charge on any atom is 0.164 e. The van der Waals surface area contributed by atoms with Crippen LogP contribution in [0.3, 0.4) is 0 Å². The Balaban J connectivity index is 1.37. The van der Waals surface area contributed by atoms with Gasteiger partial charge in [-0.1, -0.05) is 6.07 Å². The van der Waals surface area contributed by atoms with Crippen LogP contribution in [0.15, 0.2) is 36.4 Å². The van der Waals surface area contributed by atoms with Gasteiger partial charge in [-0.2, -0.15) is 0 Å². The molecule has 2 aliphatic heterocycles. The van der Waals surface area contributed by atoms with Crippen molar-refractivity contribution in [1.82, 2.24) is 4.90 Å². The fourth-order valence-electron chi connectivity index (χ4n) is 3.21. The predicted octanol–water partition coefficient (Wildman–Crippen LogP) is 3.19. The fourth-order valence-corrected chi connectivity index (χ4v) is 3.21. The van der Waals surface area contributed by atoms with Crippen molar-refractivity contribution in [3.05, 3.63) is 58.9 Å². The third kappa shape index (κ3) is 2.99. The van der Waals surface area contributed by atoms with E-state index in [1.807, 2.05) is 6.07 Å². The molecule has 0 unspecified atom stereocenters. The molecule has 4 rings (SSSR count). The van der Waals surface area contributed by atoms with E-state index in [0.717, 1.165) is 17.7 Å². The number of ether oxygens (including phenoxy) is 2. The highest BCUT2D eigenvalue weighted by molar-refractivity contribution is 5.96. The first-order chi connectivity index (χ1) is 11.7. The lowest BCUT2D eigenvalue weighted by molar-refractivity contribution is 0.0962. The second kappa shape index (κ2) is 6.24. The molecule has 0 saturated carbocycles. The maximum atomic E-state index is 13.3. The molecular weight excluding hydrogens is 309 g/mol. The van der Waals surface area contributed by atoms with Crippen molar-refractivity contribution in [3.63, 3.8) is 0 Å². The van der Waals surface area contributed by atoms with E-state index in [1.54, 1.807) is 24.3 Å². The van der Waals surface area contributed by atoms with Gasteiger partial charge in [-0.25, -0.2) is 4.39 Å². The van der Waals surface area contributed by atoms with Gasteiger partial charge in [0.15, 0.2) is 17.3 Å². The van der Waals surface area contributed by atoms with E-state index >= 15 is 0 Å². The highest BCUT2D eigenvalue weighted by Gasteiger charge is 2.21. The minimum Gasteiger partial charge on any atom is -0.486 e. The summed E-state index contributed by atoms with van der Waals surface area (Å²) in [6.07, 6.45) is 0.427. The monoisotopic (exact) mass is 327 g/mol. The molecule has 124 valence electrons. The van der Waals surface area contributed by atoms with Crippen LogP contribution < -0.4 is 9.47 Å². The number of halogens is 1. The molecule has 5 heteroatoms. The van der Waals surface area contributed by atoms with E-state index in [1.165, 1.54) is 6.07 Å². The number of carbonyl (C=O) groups is 1. The summed E-state index contributed by atoms with van der Waals surface area (Å²) in [6.45, 7) is 3.17. The Morgan fingerprint density at radius 1 is 1.00 bits per heavy atom. The number of hydrogen-bond acceptors (Lipinski definition) is 4. The van der Waals surface area contributed by atoms with E-state index in [0.29, 0.717) is 49.8 Å². The fraction of sp³-hybridized carbons (Fsp3) is 0.316. The smallest absolute Gasteiger partial charge is 0.164 e. The first-order valence-electron chi connectivity index (χ1n) is 8.11. The molecule has 0 bridgehead atoms. The SMILES string of the molecule is O=C(CCN1Cc2ccc(F)cc2C1)c1ccc2c(c1)OCCO2. The molecule has 2 aliphatic rings. The van der Waals surface area contributed by atoms with Crippen molar-refractivity contribution in [1.29, 1.82) is 0 Å². The summed E-state index contributed by atoms with van der Waals surface area (Å²) in [5, 5.41) is 0. The Hall–Kier alpha value is -2.40.